The van der Waals surface area contributed by atoms with Gasteiger partial charge < -0.3 is 5.32 Å². The molecule has 0 saturated carbocycles. The van der Waals surface area contributed by atoms with Crippen LogP contribution in [0.25, 0.3) is 5.70 Å². The van der Waals surface area contributed by atoms with Crippen molar-refractivity contribution in [2.24, 2.45) is 0 Å². The maximum atomic E-state index is 12.5. The lowest BCUT2D eigenvalue weighted by molar-refractivity contribution is 0.102. The lowest BCUT2D eigenvalue weighted by atomic mass is 10.0. The van der Waals surface area contributed by atoms with E-state index < -0.39 is 0 Å². The third-order valence-corrected chi connectivity index (χ3v) is 5.28. The monoisotopic (exact) mass is 427 g/mol. The van der Waals surface area contributed by atoms with Crippen LogP contribution in [0.2, 0.25) is 5.02 Å². The van der Waals surface area contributed by atoms with E-state index in [-0.39, 0.29) is 17.9 Å². The van der Waals surface area contributed by atoms with Crippen molar-refractivity contribution in [1.82, 2.24) is 14.8 Å². The number of halogens is 1. The molecule has 6 nitrogen and oxygen atoms in total. The first-order chi connectivity index (χ1) is 15.2. The molecule has 7 heteroatoms. The number of anilines is 2. The van der Waals surface area contributed by atoms with Crippen molar-refractivity contribution in [2.45, 2.75) is 6.04 Å². The Morgan fingerprint density at radius 2 is 1.61 bits per heavy atom. The quantitative estimate of drug-likeness (QED) is 0.467. The Morgan fingerprint density at radius 3 is 2.32 bits per heavy atom. The average molecular weight is 428 g/mol. The number of allylic oxidation sites excluding steroid dienone is 1. The molecule has 2 N–H and O–H groups in total. The number of aromatic nitrogens is 3. The lowest BCUT2D eigenvalue weighted by Gasteiger charge is -2.24. The summed E-state index contributed by atoms with van der Waals surface area (Å²) >= 11 is 6.05. The molecule has 0 fully saturated rings. The normalized spacial score (nSPS) is 14.9. The van der Waals surface area contributed by atoms with Crippen molar-refractivity contribution in [3.05, 3.63) is 113 Å². The molecule has 1 aromatic heterocycles. The van der Waals surface area contributed by atoms with Gasteiger partial charge in [0.05, 0.1) is 0 Å². The standard InChI is InChI=1S/C24H18ClN5O/c25-19-13-11-16(12-14-19)20-15-21(17-7-3-1-4-8-17)30-24(26-20)28-23(29-30)27-22(31)18-9-5-2-6-10-18/h1-15,21H,(H2,26,27,28,29,31). The summed E-state index contributed by atoms with van der Waals surface area (Å²) < 4.78 is 1.77. The molecule has 0 spiro atoms. The summed E-state index contributed by atoms with van der Waals surface area (Å²) in [4.78, 5) is 17.1. The van der Waals surface area contributed by atoms with E-state index in [1.807, 2.05) is 72.8 Å². The van der Waals surface area contributed by atoms with Gasteiger partial charge in [0.15, 0.2) is 0 Å². The zero-order chi connectivity index (χ0) is 21.2. The molecule has 1 aliphatic rings. The predicted octanol–water partition coefficient (Wildman–Crippen LogP) is 5.24. The maximum Gasteiger partial charge on any atom is 0.258 e. The number of nitrogens with zero attached hydrogens (tertiary/aromatic N) is 3. The summed E-state index contributed by atoms with van der Waals surface area (Å²) in [6.45, 7) is 0. The average Bonchev–Trinajstić information content (AvgIpc) is 3.22. The van der Waals surface area contributed by atoms with E-state index in [0.29, 0.717) is 16.5 Å². The Hall–Kier alpha value is -3.90. The minimum absolute atomic E-state index is 0.182. The fraction of sp³-hybridized carbons (Fsp3) is 0.0417. The van der Waals surface area contributed by atoms with Gasteiger partial charge in [0.25, 0.3) is 11.9 Å². The highest BCUT2D eigenvalue weighted by molar-refractivity contribution is 6.30. The van der Waals surface area contributed by atoms with Gasteiger partial charge in [-0.05, 0) is 41.5 Å². The maximum absolute atomic E-state index is 12.5. The van der Waals surface area contributed by atoms with Crippen LogP contribution in [0.1, 0.15) is 27.5 Å². The fourth-order valence-electron chi connectivity index (χ4n) is 3.49. The van der Waals surface area contributed by atoms with Gasteiger partial charge in [-0.3, -0.25) is 10.1 Å². The second-order valence-corrected chi connectivity index (χ2v) is 7.53. The number of hydrogen-bond donors (Lipinski definition) is 2. The lowest BCUT2D eigenvalue weighted by Crippen LogP contribution is -2.20. The van der Waals surface area contributed by atoms with Crippen LogP contribution in [0.4, 0.5) is 11.9 Å². The number of rotatable bonds is 4. The van der Waals surface area contributed by atoms with Crippen LogP contribution in [0.5, 0.6) is 0 Å². The second kappa shape index (κ2) is 8.08. The zero-order valence-corrected chi connectivity index (χ0v) is 17.1. The molecule has 2 heterocycles. The topological polar surface area (TPSA) is 71.8 Å². The predicted molar refractivity (Wildman–Crippen MR) is 122 cm³/mol. The largest absolute Gasteiger partial charge is 0.324 e. The summed E-state index contributed by atoms with van der Waals surface area (Å²) in [5, 5.41) is 11.3. The van der Waals surface area contributed by atoms with Crippen molar-refractivity contribution in [3.63, 3.8) is 0 Å². The van der Waals surface area contributed by atoms with E-state index in [2.05, 4.69) is 26.8 Å². The van der Waals surface area contributed by atoms with Crippen LogP contribution in [-0.4, -0.2) is 20.7 Å². The molecule has 1 unspecified atom stereocenters. The molecule has 0 aliphatic carbocycles. The summed E-state index contributed by atoms with van der Waals surface area (Å²) in [7, 11) is 0. The van der Waals surface area contributed by atoms with Crippen molar-refractivity contribution in [1.29, 1.82) is 0 Å². The molecule has 4 aromatic rings. The number of benzene rings is 3. The molecular formula is C24H18ClN5O. The van der Waals surface area contributed by atoms with Gasteiger partial charge in [0.2, 0.25) is 5.95 Å². The number of amides is 1. The zero-order valence-electron chi connectivity index (χ0n) is 16.4. The first kappa shape index (κ1) is 19.1. The molecule has 1 amide bonds. The Balaban J connectivity index is 1.51. The van der Waals surface area contributed by atoms with Gasteiger partial charge in [-0.2, -0.15) is 4.98 Å². The number of fused-ring (bicyclic) bond motifs is 1. The summed E-state index contributed by atoms with van der Waals surface area (Å²) in [6.07, 6.45) is 2.09. The van der Waals surface area contributed by atoms with Gasteiger partial charge in [-0.25, -0.2) is 4.68 Å². The highest BCUT2D eigenvalue weighted by atomic mass is 35.5. The Labute approximate surface area is 184 Å². The van der Waals surface area contributed by atoms with Crippen LogP contribution >= 0.6 is 11.6 Å². The minimum atomic E-state index is -0.259. The van der Waals surface area contributed by atoms with Crippen LogP contribution in [0, 0.1) is 0 Å². The fourth-order valence-corrected chi connectivity index (χ4v) is 3.62. The van der Waals surface area contributed by atoms with Crippen LogP contribution < -0.4 is 10.6 Å². The van der Waals surface area contributed by atoms with E-state index in [0.717, 1.165) is 16.8 Å². The molecule has 0 bridgehead atoms. The van der Waals surface area contributed by atoms with Crippen LogP contribution in [0.15, 0.2) is 91.0 Å². The van der Waals surface area contributed by atoms with E-state index in [1.54, 1.807) is 16.8 Å². The molecule has 152 valence electrons. The smallest absolute Gasteiger partial charge is 0.258 e. The highest BCUT2D eigenvalue weighted by Gasteiger charge is 2.25. The van der Waals surface area contributed by atoms with Crippen molar-refractivity contribution in [2.75, 3.05) is 10.6 Å². The number of nitrogens with one attached hydrogen (secondary N) is 2. The highest BCUT2D eigenvalue weighted by Crippen LogP contribution is 2.33. The van der Waals surface area contributed by atoms with E-state index in [4.69, 9.17) is 11.6 Å². The van der Waals surface area contributed by atoms with Gasteiger partial charge >= 0.3 is 0 Å². The second-order valence-electron chi connectivity index (χ2n) is 7.09. The van der Waals surface area contributed by atoms with Crippen LogP contribution in [0.3, 0.4) is 0 Å². The Kier molecular flexibility index (Phi) is 4.98. The molecule has 3 aromatic carbocycles. The summed E-state index contributed by atoms with van der Waals surface area (Å²) in [5.41, 5.74) is 3.48. The third-order valence-electron chi connectivity index (χ3n) is 5.02. The van der Waals surface area contributed by atoms with E-state index in [1.165, 1.54) is 0 Å². The molecule has 5 rings (SSSR count). The summed E-state index contributed by atoms with van der Waals surface area (Å²) in [6, 6.07) is 26.4. The molecule has 0 radical (unpaired) electrons. The minimum Gasteiger partial charge on any atom is -0.324 e. The molecular weight excluding hydrogens is 410 g/mol. The van der Waals surface area contributed by atoms with Gasteiger partial charge in [-0.1, -0.05) is 72.3 Å². The van der Waals surface area contributed by atoms with Gasteiger partial charge in [0.1, 0.15) is 6.04 Å². The van der Waals surface area contributed by atoms with E-state index in [9.17, 15) is 4.79 Å². The van der Waals surface area contributed by atoms with Crippen LogP contribution in [-0.2, 0) is 0 Å². The Bertz CT molecular complexity index is 1250. The van der Waals surface area contributed by atoms with Crippen molar-refractivity contribution < 1.29 is 4.79 Å². The number of carbonyl (C=O) groups is 1. The molecule has 0 saturated heterocycles. The van der Waals surface area contributed by atoms with E-state index >= 15 is 0 Å². The third kappa shape index (κ3) is 3.93. The Morgan fingerprint density at radius 1 is 0.935 bits per heavy atom. The van der Waals surface area contributed by atoms with Gasteiger partial charge in [0, 0.05) is 16.3 Å². The van der Waals surface area contributed by atoms with Gasteiger partial charge in [-0.15, -0.1) is 5.10 Å². The number of hydrogen-bond acceptors (Lipinski definition) is 4. The van der Waals surface area contributed by atoms with Crippen molar-refractivity contribution in [3.8, 4) is 0 Å². The van der Waals surface area contributed by atoms with Crippen molar-refractivity contribution >= 4 is 35.1 Å². The summed E-state index contributed by atoms with van der Waals surface area (Å²) in [5.74, 6) is 0.526. The first-order valence-electron chi connectivity index (χ1n) is 9.80. The molecule has 1 aliphatic heterocycles. The first-order valence-corrected chi connectivity index (χ1v) is 10.2. The SMILES string of the molecule is O=C(Nc1nc2n(n1)C(c1ccccc1)C=C(c1ccc(Cl)cc1)N2)c1ccccc1. The number of carbonyl (C=O) groups excluding carboxylic acids is 1. The molecule has 1 atom stereocenters. The molecule has 31 heavy (non-hydrogen) atoms.